The zero-order valence-corrected chi connectivity index (χ0v) is 10.4. The van der Waals surface area contributed by atoms with Crippen LogP contribution in [0.5, 0.6) is 0 Å². The molecule has 0 aromatic heterocycles. The van der Waals surface area contributed by atoms with Gasteiger partial charge in [-0.1, -0.05) is 19.8 Å². The van der Waals surface area contributed by atoms with Gasteiger partial charge in [-0.3, -0.25) is 4.79 Å². The van der Waals surface area contributed by atoms with Gasteiger partial charge in [-0.2, -0.15) is 0 Å². The van der Waals surface area contributed by atoms with E-state index < -0.39 is 5.60 Å². The largest absolute Gasteiger partial charge is 0.388 e. The third-order valence-electron chi connectivity index (χ3n) is 3.46. The van der Waals surface area contributed by atoms with E-state index in [0.29, 0.717) is 19.5 Å². The van der Waals surface area contributed by atoms with Crippen molar-refractivity contribution in [1.29, 1.82) is 0 Å². The molecule has 0 saturated heterocycles. The summed E-state index contributed by atoms with van der Waals surface area (Å²) in [5.74, 6) is 0.0470. The monoisotopic (exact) mass is 228 g/mol. The average Bonchev–Trinajstić information content (AvgIpc) is 2.64. The minimum atomic E-state index is -0.646. The first kappa shape index (κ1) is 13.5. The summed E-state index contributed by atoms with van der Waals surface area (Å²) in [4.78, 5) is 13.6. The van der Waals surface area contributed by atoms with Crippen LogP contribution in [0.25, 0.3) is 0 Å². The standard InChI is InChI=1S/C12H24N2O2/c1-10(5-8-13)11(15)14(2)9-12(16)6-3-4-7-12/h10,16H,3-9,13H2,1-2H3. The topological polar surface area (TPSA) is 66.6 Å². The number of nitrogens with zero attached hydrogens (tertiary/aromatic N) is 1. The van der Waals surface area contributed by atoms with Crippen LogP contribution in [0.4, 0.5) is 0 Å². The summed E-state index contributed by atoms with van der Waals surface area (Å²) in [6.45, 7) is 2.89. The van der Waals surface area contributed by atoms with Gasteiger partial charge in [0.15, 0.2) is 0 Å². The van der Waals surface area contributed by atoms with E-state index in [4.69, 9.17) is 5.73 Å². The molecular weight excluding hydrogens is 204 g/mol. The Labute approximate surface area is 97.8 Å². The van der Waals surface area contributed by atoms with E-state index >= 15 is 0 Å². The Balaban J connectivity index is 2.44. The summed E-state index contributed by atoms with van der Waals surface area (Å²) in [6, 6.07) is 0. The molecule has 1 aliphatic carbocycles. The second-order valence-electron chi connectivity index (χ2n) is 5.10. The van der Waals surface area contributed by atoms with Crippen LogP contribution in [0.2, 0.25) is 0 Å². The lowest BCUT2D eigenvalue weighted by molar-refractivity contribution is -0.137. The molecule has 94 valence electrons. The van der Waals surface area contributed by atoms with Crippen molar-refractivity contribution in [3.8, 4) is 0 Å². The number of carbonyl (C=O) groups excluding carboxylic acids is 1. The molecule has 0 heterocycles. The molecule has 1 saturated carbocycles. The Kier molecular flexibility index (Phi) is 4.74. The molecule has 1 atom stereocenters. The highest BCUT2D eigenvalue weighted by atomic mass is 16.3. The van der Waals surface area contributed by atoms with Crippen molar-refractivity contribution < 1.29 is 9.90 Å². The average molecular weight is 228 g/mol. The lowest BCUT2D eigenvalue weighted by Gasteiger charge is -2.30. The van der Waals surface area contributed by atoms with Gasteiger partial charge < -0.3 is 15.7 Å². The van der Waals surface area contributed by atoms with Gasteiger partial charge in [0.2, 0.25) is 5.91 Å². The second-order valence-corrected chi connectivity index (χ2v) is 5.10. The first-order chi connectivity index (χ1) is 7.48. The fourth-order valence-electron chi connectivity index (χ4n) is 2.46. The summed E-state index contributed by atoms with van der Waals surface area (Å²) in [5.41, 5.74) is 4.79. The van der Waals surface area contributed by atoms with Crippen LogP contribution in [0.1, 0.15) is 39.0 Å². The summed E-state index contributed by atoms with van der Waals surface area (Å²) >= 11 is 0. The van der Waals surface area contributed by atoms with Crippen molar-refractivity contribution in [2.75, 3.05) is 20.1 Å². The molecule has 1 aliphatic rings. The van der Waals surface area contributed by atoms with E-state index in [1.165, 1.54) is 0 Å². The highest BCUT2D eigenvalue weighted by Gasteiger charge is 2.34. The molecule has 0 radical (unpaired) electrons. The van der Waals surface area contributed by atoms with E-state index in [2.05, 4.69) is 0 Å². The molecule has 1 fully saturated rings. The number of likely N-dealkylation sites (N-methyl/N-ethyl adjacent to an activating group) is 1. The van der Waals surface area contributed by atoms with Gasteiger partial charge in [0.05, 0.1) is 5.60 Å². The minimum Gasteiger partial charge on any atom is -0.388 e. The van der Waals surface area contributed by atoms with Crippen LogP contribution in [0.15, 0.2) is 0 Å². The maximum atomic E-state index is 11.9. The van der Waals surface area contributed by atoms with Gasteiger partial charge in [-0.25, -0.2) is 0 Å². The van der Waals surface area contributed by atoms with Gasteiger partial charge in [-0.05, 0) is 25.8 Å². The van der Waals surface area contributed by atoms with E-state index in [-0.39, 0.29) is 11.8 Å². The molecule has 3 N–H and O–H groups in total. The first-order valence-corrected chi connectivity index (χ1v) is 6.16. The van der Waals surface area contributed by atoms with Crippen LogP contribution in [0.3, 0.4) is 0 Å². The molecular formula is C12H24N2O2. The molecule has 1 unspecified atom stereocenters. The number of carbonyl (C=O) groups is 1. The van der Waals surface area contributed by atoms with Crippen LogP contribution >= 0.6 is 0 Å². The smallest absolute Gasteiger partial charge is 0.225 e. The SMILES string of the molecule is CC(CCN)C(=O)N(C)CC1(O)CCCC1. The van der Waals surface area contributed by atoms with Crippen LogP contribution < -0.4 is 5.73 Å². The Morgan fingerprint density at radius 1 is 1.50 bits per heavy atom. The molecule has 16 heavy (non-hydrogen) atoms. The molecule has 4 heteroatoms. The number of nitrogens with two attached hydrogens (primary N) is 1. The molecule has 0 aromatic carbocycles. The number of rotatable bonds is 5. The molecule has 0 aliphatic heterocycles. The Morgan fingerprint density at radius 3 is 2.56 bits per heavy atom. The zero-order chi connectivity index (χ0) is 12.2. The van der Waals surface area contributed by atoms with E-state index in [1.807, 2.05) is 6.92 Å². The van der Waals surface area contributed by atoms with Gasteiger partial charge in [-0.15, -0.1) is 0 Å². The quantitative estimate of drug-likeness (QED) is 0.729. The predicted octanol–water partition coefficient (Wildman–Crippen LogP) is 0.735. The van der Waals surface area contributed by atoms with Gasteiger partial charge in [0.1, 0.15) is 0 Å². The lowest BCUT2D eigenvalue weighted by atomic mass is 10.0. The summed E-state index contributed by atoms with van der Waals surface area (Å²) in [6.07, 6.45) is 4.47. The van der Waals surface area contributed by atoms with Crippen molar-refractivity contribution in [3.63, 3.8) is 0 Å². The van der Waals surface area contributed by atoms with E-state index in [9.17, 15) is 9.90 Å². The zero-order valence-electron chi connectivity index (χ0n) is 10.4. The number of aliphatic hydroxyl groups is 1. The van der Waals surface area contributed by atoms with Crippen molar-refractivity contribution in [2.24, 2.45) is 11.7 Å². The third-order valence-corrected chi connectivity index (χ3v) is 3.46. The maximum Gasteiger partial charge on any atom is 0.225 e. The van der Waals surface area contributed by atoms with Crippen LogP contribution in [-0.4, -0.2) is 41.7 Å². The summed E-state index contributed by atoms with van der Waals surface area (Å²) in [7, 11) is 1.77. The van der Waals surface area contributed by atoms with Crippen molar-refractivity contribution >= 4 is 5.91 Å². The van der Waals surface area contributed by atoms with Crippen LogP contribution in [0, 0.1) is 5.92 Å². The normalized spacial score (nSPS) is 20.8. The Hall–Kier alpha value is -0.610. The van der Waals surface area contributed by atoms with Gasteiger partial charge >= 0.3 is 0 Å². The lowest BCUT2D eigenvalue weighted by Crippen LogP contribution is -2.44. The van der Waals surface area contributed by atoms with Gasteiger partial charge in [0, 0.05) is 19.5 Å². The molecule has 0 aromatic rings. The predicted molar refractivity (Wildman–Crippen MR) is 63.9 cm³/mol. The highest BCUT2D eigenvalue weighted by molar-refractivity contribution is 5.78. The number of hydrogen-bond acceptors (Lipinski definition) is 3. The number of amides is 1. The Bertz CT molecular complexity index is 237. The highest BCUT2D eigenvalue weighted by Crippen LogP contribution is 2.30. The number of hydrogen-bond donors (Lipinski definition) is 2. The maximum absolute atomic E-state index is 11.9. The Morgan fingerprint density at radius 2 is 2.06 bits per heavy atom. The molecule has 4 nitrogen and oxygen atoms in total. The summed E-state index contributed by atoms with van der Waals surface area (Å²) < 4.78 is 0. The van der Waals surface area contributed by atoms with Crippen molar-refractivity contribution in [2.45, 2.75) is 44.6 Å². The molecule has 1 amide bonds. The first-order valence-electron chi connectivity index (χ1n) is 6.16. The van der Waals surface area contributed by atoms with E-state index in [1.54, 1.807) is 11.9 Å². The minimum absolute atomic E-state index is 0.0417. The third kappa shape index (κ3) is 3.46. The van der Waals surface area contributed by atoms with Crippen molar-refractivity contribution in [1.82, 2.24) is 4.90 Å². The van der Waals surface area contributed by atoms with Crippen molar-refractivity contribution in [3.05, 3.63) is 0 Å². The fourth-order valence-corrected chi connectivity index (χ4v) is 2.46. The van der Waals surface area contributed by atoms with Crippen LogP contribution in [-0.2, 0) is 4.79 Å². The second kappa shape index (κ2) is 5.64. The molecule has 1 rings (SSSR count). The molecule has 0 spiro atoms. The van der Waals surface area contributed by atoms with Gasteiger partial charge in [0.25, 0.3) is 0 Å². The molecule has 0 bridgehead atoms. The summed E-state index contributed by atoms with van der Waals surface area (Å²) in [5, 5.41) is 10.2. The fraction of sp³-hybridized carbons (Fsp3) is 0.917. The van der Waals surface area contributed by atoms with E-state index in [0.717, 1.165) is 25.7 Å².